The quantitative estimate of drug-likeness (QED) is 0.355. The molecule has 5 heteroatoms. The SMILES string of the molecule is CC#CCN1c2c(ccnc2Cl)NC1Cl. The number of hydrogen-bond donors (Lipinski definition) is 1. The van der Waals surface area contributed by atoms with Gasteiger partial charge in [-0.25, -0.2) is 4.98 Å². The van der Waals surface area contributed by atoms with E-state index >= 15 is 0 Å². The zero-order chi connectivity index (χ0) is 10.8. The van der Waals surface area contributed by atoms with E-state index in [1.54, 1.807) is 13.1 Å². The molecule has 0 aromatic carbocycles. The van der Waals surface area contributed by atoms with Gasteiger partial charge in [0.05, 0.1) is 12.2 Å². The highest BCUT2D eigenvalue weighted by Crippen LogP contribution is 2.39. The van der Waals surface area contributed by atoms with Crippen LogP contribution in [0.15, 0.2) is 12.3 Å². The number of fused-ring (bicyclic) bond motifs is 1. The molecule has 0 spiro atoms. The van der Waals surface area contributed by atoms with Crippen LogP contribution in [0.2, 0.25) is 5.15 Å². The summed E-state index contributed by atoms with van der Waals surface area (Å²) in [5.41, 5.74) is 1.40. The van der Waals surface area contributed by atoms with E-state index in [1.807, 2.05) is 11.0 Å². The summed E-state index contributed by atoms with van der Waals surface area (Å²) in [5.74, 6) is 5.78. The molecule has 15 heavy (non-hydrogen) atoms. The molecule has 1 aliphatic rings. The minimum absolute atomic E-state index is 0.317. The van der Waals surface area contributed by atoms with E-state index in [0.717, 1.165) is 11.4 Å². The number of nitrogens with one attached hydrogen (secondary N) is 1. The first-order valence-corrected chi connectivity index (χ1v) is 5.27. The summed E-state index contributed by atoms with van der Waals surface area (Å²) >= 11 is 12.1. The number of halogens is 2. The molecule has 0 saturated heterocycles. The van der Waals surface area contributed by atoms with Gasteiger partial charge in [0, 0.05) is 6.20 Å². The highest BCUT2D eigenvalue weighted by molar-refractivity contribution is 6.34. The summed E-state index contributed by atoms with van der Waals surface area (Å²) in [5, 5.41) is 3.54. The summed E-state index contributed by atoms with van der Waals surface area (Å²) in [6.07, 6.45) is 1.65. The van der Waals surface area contributed by atoms with Gasteiger partial charge in [0.1, 0.15) is 5.69 Å². The second-order valence-corrected chi connectivity index (χ2v) is 3.80. The number of alkyl halides is 1. The maximum absolute atomic E-state index is 6.11. The zero-order valence-electron chi connectivity index (χ0n) is 8.09. The molecule has 0 amide bonds. The molecule has 1 atom stereocenters. The molecule has 0 saturated carbocycles. The molecule has 2 rings (SSSR count). The first kappa shape index (κ1) is 10.4. The maximum Gasteiger partial charge on any atom is 0.178 e. The van der Waals surface area contributed by atoms with E-state index in [1.165, 1.54) is 0 Å². The molecule has 1 aromatic heterocycles. The van der Waals surface area contributed by atoms with Crippen molar-refractivity contribution in [2.45, 2.75) is 12.5 Å². The normalized spacial score (nSPS) is 17.8. The van der Waals surface area contributed by atoms with Crippen LogP contribution in [0.4, 0.5) is 11.4 Å². The Balaban J connectivity index is 2.38. The Morgan fingerprint density at radius 2 is 2.47 bits per heavy atom. The Bertz CT molecular complexity index is 436. The lowest BCUT2D eigenvalue weighted by Crippen LogP contribution is -2.31. The number of rotatable bonds is 1. The molecule has 1 N–H and O–H groups in total. The number of pyridine rings is 1. The average Bonchev–Trinajstić information content (AvgIpc) is 2.53. The number of nitrogens with zero attached hydrogens (tertiary/aromatic N) is 2. The van der Waals surface area contributed by atoms with Gasteiger partial charge in [-0.2, -0.15) is 0 Å². The van der Waals surface area contributed by atoms with Crippen LogP contribution < -0.4 is 10.2 Å². The largest absolute Gasteiger partial charge is 0.351 e. The van der Waals surface area contributed by atoms with Crippen LogP contribution in [-0.2, 0) is 0 Å². The molecule has 3 nitrogen and oxygen atoms in total. The Kier molecular flexibility index (Phi) is 2.90. The fourth-order valence-corrected chi connectivity index (χ4v) is 2.01. The lowest BCUT2D eigenvalue weighted by atomic mass is 10.3. The second-order valence-electron chi connectivity index (χ2n) is 3.03. The maximum atomic E-state index is 6.11. The van der Waals surface area contributed by atoms with E-state index in [4.69, 9.17) is 23.2 Å². The Morgan fingerprint density at radius 1 is 1.67 bits per heavy atom. The Morgan fingerprint density at radius 3 is 3.20 bits per heavy atom. The molecule has 0 aliphatic carbocycles. The van der Waals surface area contributed by atoms with E-state index in [2.05, 4.69) is 22.1 Å². The summed E-state index contributed by atoms with van der Waals surface area (Å²) in [6, 6.07) is 1.84. The van der Waals surface area contributed by atoms with Crippen LogP contribution >= 0.6 is 23.2 Å². The molecule has 2 heterocycles. The summed E-state index contributed by atoms with van der Waals surface area (Å²) in [6.45, 7) is 2.33. The molecular formula is C10H9Cl2N3. The van der Waals surface area contributed by atoms with Crippen molar-refractivity contribution in [2.75, 3.05) is 16.8 Å². The number of hydrogen-bond acceptors (Lipinski definition) is 3. The van der Waals surface area contributed by atoms with E-state index < -0.39 is 0 Å². The molecular weight excluding hydrogens is 233 g/mol. The fraction of sp³-hybridized carbons (Fsp3) is 0.300. The molecule has 0 radical (unpaired) electrons. The number of anilines is 2. The minimum Gasteiger partial charge on any atom is -0.351 e. The van der Waals surface area contributed by atoms with Crippen molar-refractivity contribution < 1.29 is 0 Å². The predicted molar refractivity (Wildman–Crippen MR) is 63.3 cm³/mol. The van der Waals surface area contributed by atoms with Crippen LogP contribution in [0.25, 0.3) is 0 Å². The number of aromatic nitrogens is 1. The molecule has 1 aliphatic heterocycles. The monoisotopic (exact) mass is 241 g/mol. The van der Waals surface area contributed by atoms with Gasteiger partial charge >= 0.3 is 0 Å². The Labute approximate surface area is 98.4 Å². The van der Waals surface area contributed by atoms with E-state index in [-0.39, 0.29) is 5.62 Å². The van der Waals surface area contributed by atoms with Gasteiger partial charge in [-0.15, -0.1) is 5.92 Å². The highest BCUT2D eigenvalue weighted by atomic mass is 35.5. The van der Waals surface area contributed by atoms with Gasteiger partial charge in [-0.3, -0.25) is 0 Å². The van der Waals surface area contributed by atoms with Crippen molar-refractivity contribution in [1.29, 1.82) is 0 Å². The third kappa shape index (κ3) is 1.83. The average molecular weight is 242 g/mol. The van der Waals surface area contributed by atoms with Crippen LogP contribution in [0.1, 0.15) is 6.92 Å². The zero-order valence-corrected chi connectivity index (χ0v) is 9.60. The summed E-state index contributed by atoms with van der Waals surface area (Å²) in [7, 11) is 0. The molecule has 1 unspecified atom stereocenters. The van der Waals surface area contributed by atoms with Gasteiger partial charge in [0.25, 0.3) is 0 Å². The minimum atomic E-state index is -0.317. The van der Waals surface area contributed by atoms with E-state index in [9.17, 15) is 0 Å². The third-order valence-electron chi connectivity index (χ3n) is 2.14. The molecule has 0 bridgehead atoms. The van der Waals surface area contributed by atoms with Crippen LogP contribution in [0, 0.1) is 11.8 Å². The van der Waals surface area contributed by atoms with Crippen molar-refractivity contribution in [2.24, 2.45) is 0 Å². The van der Waals surface area contributed by atoms with E-state index in [0.29, 0.717) is 11.7 Å². The van der Waals surface area contributed by atoms with Crippen molar-refractivity contribution >= 4 is 34.6 Å². The lowest BCUT2D eigenvalue weighted by molar-refractivity contribution is 0.909. The molecule has 1 aromatic rings. The van der Waals surface area contributed by atoms with Crippen molar-refractivity contribution in [3.05, 3.63) is 17.4 Å². The smallest absolute Gasteiger partial charge is 0.178 e. The first-order chi connectivity index (χ1) is 7.24. The summed E-state index contributed by atoms with van der Waals surface area (Å²) in [4.78, 5) is 5.90. The Hall–Kier alpha value is -1.11. The van der Waals surface area contributed by atoms with Gasteiger partial charge in [0.15, 0.2) is 10.8 Å². The highest BCUT2D eigenvalue weighted by Gasteiger charge is 2.28. The first-order valence-electron chi connectivity index (χ1n) is 4.45. The van der Waals surface area contributed by atoms with Crippen molar-refractivity contribution in [3.63, 3.8) is 0 Å². The van der Waals surface area contributed by atoms with Gasteiger partial charge < -0.3 is 10.2 Å². The lowest BCUT2D eigenvalue weighted by Gasteiger charge is -2.19. The summed E-state index contributed by atoms with van der Waals surface area (Å²) < 4.78 is 0. The van der Waals surface area contributed by atoms with Crippen molar-refractivity contribution in [1.82, 2.24) is 4.98 Å². The van der Waals surface area contributed by atoms with Gasteiger partial charge in [0.2, 0.25) is 0 Å². The standard InChI is InChI=1S/C10H9Cl2N3/c1-2-3-6-15-8-7(14-10(15)12)4-5-13-9(8)11/h4-5,10,14H,6H2,1H3. The van der Waals surface area contributed by atoms with Gasteiger partial charge in [-0.1, -0.05) is 29.1 Å². The molecule has 0 fully saturated rings. The van der Waals surface area contributed by atoms with Crippen LogP contribution in [0.3, 0.4) is 0 Å². The second kappa shape index (κ2) is 4.18. The van der Waals surface area contributed by atoms with Crippen molar-refractivity contribution in [3.8, 4) is 11.8 Å². The van der Waals surface area contributed by atoms with Crippen LogP contribution in [0.5, 0.6) is 0 Å². The van der Waals surface area contributed by atoms with Gasteiger partial charge in [-0.05, 0) is 13.0 Å². The fourth-order valence-electron chi connectivity index (χ4n) is 1.46. The third-order valence-corrected chi connectivity index (χ3v) is 2.76. The molecule has 78 valence electrons. The topological polar surface area (TPSA) is 28.2 Å². The predicted octanol–water partition coefficient (Wildman–Crippen LogP) is 2.51. The van der Waals surface area contributed by atoms with Crippen LogP contribution in [-0.4, -0.2) is 17.2 Å².